The predicted octanol–water partition coefficient (Wildman–Crippen LogP) is -3.46. The van der Waals surface area contributed by atoms with E-state index in [-0.39, 0.29) is 34.0 Å². The van der Waals surface area contributed by atoms with E-state index in [4.69, 9.17) is 0 Å². The van der Waals surface area contributed by atoms with Gasteiger partial charge in [-0.25, -0.2) is 0 Å². The number of aryl methyl sites for hydroxylation is 2. The van der Waals surface area contributed by atoms with E-state index in [1.54, 1.807) is 0 Å². The van der Waals surface area contributed by atoms with Crippen molar-refractivity contribution in [3.05, 3.63) is 42.1 Å². The highest BCUT2D eigenvalue weighted by molar-refractivity contribution is 5.78. The Morgan fingerprint density at radius 3 is 2.30 bits per heavy atom. The van der Waals surface area contributed by atoms with Crippen molar-refractivity contribution < 1.29 is 43.0 Å². The first-order valence-corrected chi connectivity index (χ1v) is 6.66. The molecule has 1 aromatic carbocycles. The van der Waals surface area contributed by atoms with Gasteiger partial charge in [0.1, 0.15) is 0 Å². The smallest absolute Gasteiger partial charge is 0.212 e. The van der Waals surface area contributed by atoms with E-state index < -0.39 is 0 Å². The van der Waals surface area contributed by atoms with Crippen LogP contribution in [0, 0.1) is 6.92 Å². The van der Waals surface area contributed by atoms with Crippen LogP contribution < -0.4 is 38.5 Å². The van der Waals surface area contributed by atoms with Crippen LogP contribution in [0.1, 0.15) is 12.0 Å². The minimum Gasteiger partial charge on any atom is -1.00 e. The fraction of sp³-hybridized carbons (Fsp3) is 0.438. The molecule has 0 aliphatic rings. The van der Waals surface area contributed by atoms with Crippen molar-refractivity contribution in [3.8, 4) is 0 Å². The van der Waals surface area contributed by atoms with Gasteiger partial charge in [-0.3, -0.25) is 0 Å². The molecule has 1 heterocycles. The van der Waals surface area contributed by atoms with Gasteiger partial charge in [0.2, 0.25) is 5.52 Å². The van der Waals surface area contributed by atoms with Crippen molar-refractivity contribution in [2.75, 3.05) is 27.7 Å². The molecule has 0 spiro atoms. The molecule has 0 aliphatic carbocycles. The highest BCUT2D eigenvalue weighted by Crippen LogP contribution is 2.13. The molecule has 0 fully saturated rings. The molecule has 0 N–H and O–H groups in total. The van der Waals surface area contributed by atoms with Crippen molar-refractivity contribution in [2.24, 2.45) is 0 Å². The van der Waals surface area contributed by atoms with Gasteiger partial charge in [-0.15, -0.1) is 0 Å². The summed E-state index contributed by atoms with van der Waals surface area (Å²) in [6, 6.07) is 10.9. The van der Waals surface area contributed by atoms with E-state index in [9.17, 15) is 0 Å². The van der Waals surface area contributed by atoms with Crippen LogP contribution in [0.5, 0.6) is 0 Å². The number of nitrogens with zero attached hydrogens (tertiary/aromatic N) is 2. The number of rotatable bonds is 4. The molecule has 0 radical (unpaired) electrons. The summed E-state index contributed by atoms with van der Waals surface area (Å²) >= 11 is 0. The number of pyridine rings is 1. The standard InChI is InChI=1S/C16H24N2.2BrH/c1-14-10-12-17(11-7-13-18(2,3)4)16-9-6-5-8-15(14)16;;/h5-6,8-10,12H,7,11,13H2,1-4H3;2*1H/q+2;;/p-2. The molecule has 4 heteroatoms. The summed E-state index contributed by atoms with van der Waals surface area (Å²) in [6.07, 6.45) is 3.43. The number of quaternary nitrogens is 1. The number of halogens is 2. The van der Waals surface area contributed by atoms with Crippen molar-refractivity contribution in [3.63, 3.8) is 0 Å². The van der Waals surface area contributed by atoms with Crippen LogP contribution in [-0.2, 0) is 6.54 Å². The molecule has 2 nitrogen and oxygen atoms in total. The summed E-state index contributed by atoms with van der Waals surface area (Å²) in [6.45, 7) is 4.48. The van der Waals surface area contributed by atoms with Gasteiger partial charge in [0.25, 0.3) is 0 Å². The van der Waals surface area contributed by atoms with Crippen LogP contribution in [0.3, 0.4) is 0 Å². The molecule has 0 atom stereocenters. The maximum absolute atomic E-state index is 2.37. The molecule has 2 rings (SSSR count). The molecule has 1 aromatic heterocycles. The molecule has 0 bridgehead atoms. The third-order valence-corrected chi connectivity index (χ3v) is 3.37. The lowest BCUT2D eigenvalue weighted by Gasteiger charge is -2.22. The highest BCUT2D eigenvalue weighted by Gasteiger charge is 2.12. The van der Waals surface area contributed by atoms with Gasteiger partial charge in [0.05, 0.1) is 34.1 Å². The largest absolute Gasteiger partial charge is 1.00 e. The molecule has 0 saturated carbocycles. The number of fused-ring (bicyclic) bond motifs is 1. The van der Waals surface area contributed by atoms with Crippen LogP contribution in [0.2, 0.25) is 0 Å². The van der Waals surface area contributed by atoms with E-state index in [2.05, 4.69) is 69.2 Å². The Balaban J connectivity index is 0.00000180. The topological polar surface area (TPSA) is 3.88 Å². The Labute approximate surface area is 143 Å². The average molecular weight is 404 g/mol. The van der Waals surface area contributed by atoms with E-state index in [1.165, 1.54) is 29.4 Å². The molecule has 20 heavy (non-hydrogen) atoms. The Hall–Kier alpha value is -0.450. The summed E-state index contributed by atoms with van der Waals surface area (Å²) in [5, 5.41) is 1.37. The molecule has 0 unspecified atom stereocenters. The zero-order valence-corrected chi connectivity index (χ0v) is 15.9. The summed E-state index contributed by atoms with van der Waals surface area (Å²) in [5.74, 6) is 0. The first kappa shape index (κ1) is 19.6. The highest BCUT2D eigenvalue weighted by atomic mass is 79.9. The lowest BCUT2D eigenvalue weighted by Crippen LogP contribution is -3.00. The second-order valence-electron chi connectivity index (χ2n) is 6.08. The van der Waals surface area contributed by atoms with Crippen molar-refractivity contribution in [2.45, 2.75) is 19.9 Å². The van der Waals surface area contributed by atoms with Gasteiger partial charge in [0.15, 0.2) is 12.7 Å². The van der Waals surface area contributed by atoms with E-state index in [0.29, 0.717) is 0 Å². The first-order valence-electron chi connectivity index (χ1n) is 6.66. The number of hydrogen-bond acceptors (Lipinski definition) is 0. The second-order valence-corrected chi connectivity index (χ2v) is 6.08. The molecular formula is C16H24Br2N2. The Morgan fingerprint density at radius 2 is 1.65 bits per heavy atom. The zero-order valence-electron chi connectivity index (χ0n) is 12.7. The molecule has 0 aliphatic heterocycles. The Kier molecular flexibility index (Phi) is 7.92. The summed E-state index contributed by atoms with van der Waals surface area (Å²) in [4.78, 5) is 0. The maximum Gasteiger partial charge on any atom is 0.212 e. The monoisotopic (exact) mass is 402 g/mol. The lowest BCUT2D eigenvalue weighted by atomic mass is 10.1. The van der Waals surface area contributed by atoms with Crippen LogP contribution in [0.25, 0.3) is 10.9 Å². The third kappa shape index (κ3) is 5.15. The fourth-order valence-corrected chi connectivity index (χ4v) is 2.34. The Bertz CT molecular complexity index is 548. The second kappa shape index (κ2) is 8.11. The van der Waals surface area contributed by atoms with Crippen LogP contribution in [0.4, 0.5) is 0 Å². The van der Waals surface area contributed by atoms with Gasteiger partial charge in [-0.1, -0.05) is 12.1 Å². The van der Waals surface area contributed by atoms with Crippen LogP contribution in [0.15, 0.2) is 36.5 Å². The van der Waals surface area contributed by atoms with Crippen molar-refractivity contribution in [1.29, 1.82) is 0 Å². The van der Waals surface area contributed by atoms with E-state index in [1.807, 2.05) is 0 Å². The molecule has 112 valence electrons. The maximum atomic E-state index is 2.37. The lowest BCUT2D eigenvalue weighted by molar-refractivity contribution is -0.873. The molecule has 2 aromatic rings. The zero-order chi connectivity index (χ0) is 13.2. The van der Waals surface area contributed by atoms with E-state index in [0.717, 1.165) is 11.0 Å². The third-order valence-electron chi connectivity index (χ3n) is 3.37. The molecular weight excluding hydrogens is 380 g/mol. The van der Waals surface area contributed by atoms with Gasteiger partial charge in [-0.2, -0.15) is 4.57 Å². The minimum atomic E-state index is 0. The average Bonchev–Trinajstić information content (AvgIpc) is 2.31. The van der Waals surface area contributed by atoms with Crippen LogP contribution >= 0.6 is 0 Å². The van der Waals surface area contributed by atoms with Gasteiger partial charge in [-0.05, 0) is 18.6 Å². The molecule has 0 saturated heterocycles. The quantitative estimate of drug-likeness (QED) is 0.369. The SMILES string of the molecule is Cc1cc[n+](CCC[N+](C)(C)C)c2ccccc12.[Br-].[Br-]. The number of hydrogen-bond donors (Lipinski definition) is 0. The van der Waals surface area contributed by atoms with Crippen LogP contribution in [-0.4, -0.2) is 32.2 Å². The normalized spacial score (nSPS) is 10.8. The van der Waals surface area contributed by atoms with Gasteiger partial charge < -0.3 is 38.4 Å². The summed E-state index contributed by atoms with van der Waals surface area (Å²) in [7, 11) is 6.74. The number of aromatic nitrogens is 1. The van der Waals surface area contributed by atoms with Crippen molar-refractivity contribution in [1.82, 2.24) is 0 Å². The van der Waals surface area contributed by atoms with Crippen molar-refractivity contribution >= 4 is 10.9 Å². The summed E-state index contributed by atoms with van der Waals surface area (Å²) in [5.41, 5.74) is 2.70. The van der Waals surface area contributed by atoms with Gasteiger partial charge >= 0.3 is 0 Å². The minimum absolute atomic E-state index is 0. The first-order chi connectivity index (χ1) is 8.47. The summed E-state index contributed by atoms with van der Waals surface area (Å²) < 4.78 is 3.41. The molecule has 0 amide bonds. The van der Waals surface area contributed by atoms with Gasteiger partial charge in [0, 0.05) is 17.5 Å². The van der Waals surface area contributed by atoms with E-state index >= 15 is 0 Å². The number of para-hydroxylation sites is 1. The fourth-order valence-electron chi connectivity index (χ4n) is 2.34. The Morgan fingerprint density at radius 1 is 1.00 bits per heavy atom. The predicted molar refractivity (Wildman–Crippen MR) is 76.4 cm³/mol. The number of benzene rings is 1.